The molecule has 5 heteroatoms. The summed E-state index contributed by atoms with van der Waals surface area (Å²) in [5.74, 6) is 5.94. The predicted molar refractivity (Wildman–Crippen MR) is 122 cm³/mol. The number of anilines is 1. The summed E-state index contributed by atoms with van der Waals surface area (Å²) in [6, 6.07) is 21.2. The van der Waals surface area contributed by atoms with Crippen molar-refractivity contribution in [2.45, 2.75) is 18.5 Å². The summed E-state index contributed by atoms with van der Waals surface area (Å²) in [4.78, 5) is 15.2. The molecule has 32 heavy (non-hydrogen) atoms. The summed E-state index contributed by atoms with van der Waals surface area (Å²) in [6.45, 7) is 0.648. The number of aliphatic hydroxyl groups excluding tert-OH is 1. The van der Waals surface area contributed by atoms with E-state index in [1.807, 2.05) is 53.4 Å². The lowest BCUT2D eigenvalue weighted by Gasteiger charge is -2.39. The Morgan fingerprint density at radius 3 is 2.56 bits per heavy atom. The number of hydrogen-bond donors (Lipinski definition) is 2. The zero-order chi connectivity index (χ0) is 22.1. The van der Waals surface area contributed by atoms with Gasteiger partial charge in [0.25, 0.3) is 5.91 Å². The fraction of sp³-hybridized carbons (Fsp3) is 0.222. The van der Waals surface area contributed by atoms with Gasteiger partial charge in [0.05, 0.1) is 18.7 Å². The minimum atomic E-state index is -0.314. The molecule has 0 radical (unpaired) electrons. The first-order valence-corrected chi connectivity index (χ1v) is 10.8. The smallest absolute Gasteiger partial charge is 0.254 e. The van der Waals surface area contributed by atoms with E-state index in [0.717, 1.165) is 23.2 Å². The van der Waals surface area contributed by atoms with Gasteiger partial charge in [0.15, 0.2) is 0 Å². The van der Waals surface area contributed by atoms with Gasteiger partial charge in [-0.15, -0.1) is 0 Å². The number of halogens is 1. The molecule has 0 spiro atoms. The molecule has 1 saturated heterocycles. The molecule has 0 aromatic heterocycles. The van der Waals surface area contributed by atoms with E-state index in [-0.39, 0.29) is 36.3 Å². The zero-order valence-electron chi connectivity index (χ0n) is 17.5. The number of nitrogens with one attached hydrogen (secondary N) is 1. The van der Waals surface area contributed by atoms with Crippen molar-refractivity contribution in [2.24, 2.45) is 5.92 Å². The number of carbonyl (C=O) groups is 1. The third-order valence-corrected chi connectivity index (χ3v) is 6.33. The maximum atomic E-state index is 13.5. The number of amides is 1. The van der Waals surface area contributed by atoms with Crippen LogP contribution in [0.2, 0.25) is 0 Å². The average molecular weight is 426 g/mol. The van der Waals surface area contributed by atoms with E-state index in [0.29, 0.717) is 17.7 Å². The quantitative estimate of drug-likeness (QED) is 0.604. The van der Waals surface area contributed by atoms with Gasteiger partial charge in [-0.1, -0.05) is 36.1 Å². The molecule has 3 aromatic carbocycles. The van der Waals surface area contributed by atoms with Crippen molar-refractivity contribution in [3.63, 3.8) is 0 Å². The Labute approximate surface area is 186 Å². The normalized spacial score (nSPS) is 21.1. The van der Waals surface area contributed by atoms with Gasteiger partial charge in [-0.25, -0.2) is 4.39 Å². The van der Waals surface area contributed by atoms with Crippen LogP contribution in [-0.2, 0) is 0 Å². The molecule has 1 fully saturated rings. The van der Waals surface area contributed by atoms with Crippen LogP contribution in [0.5, 0.6) is 0 Å². The largest absolute Gasteiger partial charge is 0.394 e. The fourth-order valence-electron chi connectivity index (χ4n) is 4.83. The molecule has 3 atom stereocenters. The number of aliphatic hydroxyl groups is 1. The molecule has 160 valence electrons. The highest BCUT2D eigenvalue weighted by Crippen LogP contribution is 2.47. The highest BCUT2D eigenvalue weighted by Gasteiger charge is 2.45. The molecule has 4 nitrogen and oxygen atoms in total. The molecular formula is C27H23FN2O2. The predicted octanol–water partition coefficient (Wildman–Crippen LogP) is 4.22. The topological polar surface area (TPSA) is 52.6 Å². The van der Waals surface area contributed by atoms with Gasteiger partial charge in [0.2, 0.25) is 0 Å². The Balaban J connectivity index is 1.52. The molecule has 0 bridgehead atoms. The van der Waals surface area contributed by atoms with Gasteiger partial charge in [0, 0.05) is 34.8 Å². The van der Waals surface area contributed by atoms with Gasteiger partial charge in [0.1, 0.15) is 5.82 Å². The third kappa shape index (κ3) is 3.74. The first-order chi connectivity index (χ1) is 15.6. The molecule has 3 aromatic rings. The van der Waals surface area contributed by atoms with Gasteiger partial charge in [-0.05, 0) is 60.5 Å². The van der Waals surface area contributed by atoms with Crippen LogP contribution in [-0.4, -0.2) is 35.1 Å². The first kappa shape index (κ1) is 20.3. The number of nitrogens with zero attached hydrogens (tertiary/aromatic N) is 1. The maximum absolute atomic E-state index is 13.5. The monoisotopic (exact) mass is 426 g/mol. The molecule has 1 amide bonds. The Hall–Kier alpha value is -3.62. The molecular weight excluding hydrogens is 403 g/mol. The van der Waals surface area contributed by atoms with Crippen LogP contribution in [0.3, 0.4) is 0 Å². The van der Waals surface area contributed by atoms with Gasteiger partial charge >= 0.3 is 0 Å². The summed E-state index contributed by atoms with van der Waals surface area (Å²) < 4.78 is 13.5. The lowest BCUT2D eigenvalue weighted by atomic mass is 9.82. The lowest BCUT2D eigenvalue weighted by Crippen LogP contribution is -2.42. The minimum absolute atomic E-state index is 0.00103. The average Bonchev–Trinajstić information content (AvgIpc) is 3.28. The molecule has 0 aliphatic carbocycles. The Morgan fingerprint density at radius 1 is 1.03 bits per heavy atom. The third-order valence-electron chi connectivity index (χ3n) is 6.33. The highest BCUT2D eigenvalue weighted by molar-refractivity contribution is 5.95. The summed E-state index contributed by atoms with van der Waals surface area (Å²) >= 11 is 0. The summed E-state index contributed by atoms with van der Waals surface area (Å²) in [5.41, 5.74) is 3.99. The Bertz CT molecular complexity index is 1220. The summed E-state index contributed by atoms with van der Waals surface area (Å²) in [7, 11) is 0. The van der Waals surface area contributed by atoms with Crippen molar-refractivity contribution in [1.29, 1.82) is 0 Å². The highest BCUT2D eigenvalue weighted by atomic mass is 19.1. The molecule has 2 aliphatic rings. The minimum Gasteiger partial charge on any atom is -0.394 e. The molecule has 0 saturated carbocycles. The van der Waals surface area contributed by atoms with E-state index in [2.05, 4.69) is 17.2 Å². The van der Waals surface area contributed by atoms with Gasteiger partial charge in [-0.3, -0.25) is 4.79 Å². The second-order valence-corrected chi connectivity index (χ2v) is 8.26. The van der Waals surface area contributed by atoms with Crippen LogP contribution in [0.4, 0.5) is 10.1 Å². The molecule has 2 N–H and O–H groups in total. The van der Waals surface area contributed by atoms with E-state index in [1.165, 1.54) is 12.1 Å². The zero-order valence-corrected chi connectivity index (χ0v) is 17.5. The van der Waals surface area contributed by atoms with Crippen LogP contribution < -0.4 is 5.32 Å². The number of benzene rings is 3. The van der Waals surface area contributed by atoms with Crippen LogP contribution >= 0.6 is 0 Å². The van der Waals surface area contributed by atoms with E-state index in [9.17, 15) is 14.3 Å². The van der Waals surface area contributed by atoms with Crippen molar-refractivity contribution in [2.75, 3.05) is 18.5 Å². The maximum Gasteiger partial charge on any atom is 0.254 e. The number of hydrogen-bond acceptors (Lipinski definition) is 3. The van der Waals surface area contributed by atoms with E-state index in [1.54, 1.807) is 12.1 Å². The first-order valence-electron chi connectivity index (χ1n) is 10.8. The number of rotatable bonds is 2. The SMILES string of the molecule is O=C(c1ccccc1)N1CC[C@@H]2[C@H](CO)Nc3ccc(C#Cc4cccc(F)c4)cc3[C@@H]21. The van der Waals surface area contributed by atoms with E-state index >= 15 is 0 Å². The molecule has 0 unspecified atom stereocenters. The van der Waals surface area contributed by atoms with Crippen molar-refractivity contribution >= 4 is 11.6 Å². The second-order valence-electron chi connectivity index (χ2n) is 8.26. The van der Waals surface area contributed by atoms with Crippen molar-refractivity contribution in [1.82, 2.24) is 4.90 Å². The summed E-state index contributed by atoms with van der Waals surface area (Å²) in [6.07, 6.45) is 0.820. The Kier molecular flexibility index (Phi) is 5.38. The van der Waals surface area contributed by atoms with Crippen molar-refractivity contribution in [3.05, 3.63) is 101 Å². The lowest BCUT2D eigenvalue weighted by molar-refractivity contribution is 0.0701. The summed E-state index contributed by atoms with van der Waals surface area (Å²) in [5, 5.41) is 13.4. The second kappa shape index (κ2) is 8.49. The standard InChI is InChI=1S/C27H23FN2O2/c28-21-8-4-5-18(15-21)9-10-19-11-12-24-23(16-19)26-22(25(17-31)29-24)13-14-30(26)27(32)20-6-2-1-3-7-20/h1-8,11-12,15-16,22,25-26,29,31H,13-14,17H2/t22-,25+,26-/m1/s1. The van der Waals surface area contributed by atoms with Crippen molar-refractivity contribution < 1.29 is 14.3 Å². The van der Waals surface area contributed by atoms with Crippen molar-refractivity contribution in [3.8, 4) is 11.8 Å². The fourth-order valence-corrected chi connectivity index (χ4v) is 4.83. The van der Waals surface area contributed by atoms with Crippen LogP contribution in [0, 0.1) is 23.6 Å². The number of carbonyl (C=O) groups excluding carboxylic acids is 1. The van der Waals surface area contributed by atoms with Crippen LogP contribution in [0.1, 0.15) is 39.5 Å². The van der Waals surface area contributed by atoms with Crippen LogP contribution in [0.25, 0.3) is 0 Å². The van der Waals surface area contributed by atoms with E-state index < -0.39 is 0 Å². The number of likely N-dealkylation sites (tertiary alicyclic amines) is 1. The van der Waals surface area contributed by atoms with Crippen LogP contribution in [0.15, 0.2) is 72.8 Å². The number of fused-ring (bicyclic) bond motifs is 3. The van der Waals surface area contributed by atoms with E-state index in [4.69, 9.17) is 0 Å². The molecule has 5 rings (SSSR count). The molecule has 2 heterocycles. The molecule has 2 aliphatic heterocycles. The van der Waals surface area contributed by atoms with Gasteiger partial charge in [-0.2, -0.15) is 0 Å². The Morgan fingerprint density at radius 2 is 1.81 bits per heavy atom. The van der Waals surface area contributed by atoms with Gasteiger partial charge < -0.3 is 15.3 Å².